The highest BCUT2D eigenvalue weighted by Gasteiger charge is 2.30. The molecule has 1 aromatic rings. The number of phenolic OH excluding ortho intramolecular Hbond substituents is 1. The molecule has 0 saturated carbocycles. The molecule has 1 aromatic carbocycles. The van der Waals surface area contributed by atoms with Crippen molar-refractivity contribution in [1.29, 1.82) is 0 Å². The summed E-state index contributed by atoms with van der Waals surface area (Å²) in [5, 5.41) is 10.9. The summed E-state index contributed by atoms with van der Waals surface area (Å²) in [4.78, 5) is 1.06. The lowest BCUT2D eigenvalue weighted by atomic mass is 9.98. The van der Waals surface area contributed by atoms with Crippen LogP contribution in [0.1, 0.15) is 25.3 Å². The Hall–Kier alpha value is -0.340. The first kappa shape index (κ1) is 9.22. The van der Waals surface area contributed by atoms with Gasteiger partial charge in [0.1, 0.15) is 5.75 Å². The molecule has 2 unspecified atom stereocenters. The Balaban J connectivity index is 2.61. The molecular formula is C10H11ClOS. The number of thioether (sulfide) groups is 1. The first-order valence-corrected chi connectivity index (χ1v) is 5.55. The normalized spacial score (nSPS) is 26.1. The zero-order valence-corrected chi connectivity index (χ0v) is 9.12. The molecule has 0 aliphatic carbocycles. The zero-order chi connectivity index (χ0) is 9.59. The molecular weight excluding hydrogens is 204 g/mol. The lowest BCUT2D eigenvalue weighted by molar-refractivity contribution is 0.461. The largest absolute Gasteiger partial charge is 0.508 e. The van der Waals surface area contributed by atoms with E-state index in [1.807, 2.05) is 0 Å². The average molecular weight is 215 g/mol. The van der Waals surface area contributed by atoms with Gasteiger partial charge in [-0.3, -0.25) is 0 Å². The van der Waals surface area contributed by atoms with Crippen LogP contribution in [0.15, 0.2) is 17.0 Å². The minimum Gasteiger partial charge on any atom is -0.508 e. The van der Waals surface area contributed by atoms with Crippen molar-refractivity contribution >= 4 is 23.4 Å². The predicted molar refractivity (Wildman–Crippen MR) is 56.9 cm³/mol. The molecule has 0 bridgehead atoms. The molecule has 1 N–H and O–H groups in total. The molecule has 1 nitrogen and oxygen atoms in total. The van der Waals surface area contributed by atoms with Crippen molar-refractivity contribution in [2.45, 2.75) is 29.9 Å². The molecule has 0 amide bonds. The predicted octanol–water partition coefficient (Wildman–Crippen LogP) is 3.64. The highest BCUT2D eigenvalue weighted by Crippen LogP contribution is 2.51. The third kappa shape index (κ3) is 1.32. The van der Waals surface area contributed by atoms with Gasteiger partial charge in [-0.2, -0.15) is 0 Å². The minimum absolute atomic E-state index is 0.378. The van der Waals surface area contributed by atoms with Crippen LogP contribution in [0.3, 0.4) is 0 Å². The Morgan fingerprint density at radius 1 is 1.38 bits per heavy atom. The fraction of sp³-hybridized carbons (Fsp3) is 0.400. The van der Waals surface area contributed by atoms with Gasteiger partial charge in [-0.05, 0) is 18.1 Å². The van der Waals surface area contributed by atoms with E-state index in [1.165, 1.54) is 0 Å². The molecule has 0 spiro atoms. The highest BCUT2D eigenvalue weighted by molar-refractivity contribution is 8.00. The monoisotopic (exact) mass is 214 g/mol. The second-order valence-corrected chi connectivity index (χ2v) is 5.22. The van der Waals surface area contributed by atoms with Gasteiger partial charge in [0.05, 0.1) is 5.02 Å². The summed E-state index contributed by atoms with van der Waals surface area (Å²) in [6.45, 7) is 4.28. The van der Waals surface area contributed by atoms with Gasteiger partial charge in [-0.1, -0.05) is 25.4 Å². The number of phenols is 1. The van der Waals surface area contributed by atoms with Crippen LogP contribution in [0.4, 0.5) is 0 Å². The van der Waals surface area contributed by atoms with Crippen LogP contribution in [-0.2, 0) is 0 Å². The van der Waals surface area contributed by atoms with Crippen molar-refractivity contribution < 1.29 is 5.11 Å². The second kappa shape index (κ2) is 3.10. The number of rotatable bonds is 0. The van der Waals surface area contributed by atoms with E-state index in [9.17, 15) is 5.11 Å². The van der Waals surface area contributed by atoms with Gasteiger partial charge in [0.2, 0.25) is 0 Å². The van der Waals surface area contributed by atoms with E-state index in [1.54, 1.807) is 23.9 Å². The number of halogens is 1. The molecule has 1 aliphatic rings. The van der Waals surface area contributed by atoms with Crippen LogP contribution in [-0.4, -0.2) is 10.4 Å². The van der Waals surface area contributed by atoms with E-state index in [0.29, 0.717) is 16.9 Å². The molecule has 1 heterocycles. The molecule has 0 radical (unpaired) electrons. The van der Waals surface area contributed by atoms with Gasteiger partial charge in [0.25, 0.3) is 0 Å². The van der Waals surface area contributed by atoms with E-state index in [-0.39, 0.29) is 0 Å². The molecule has 0 fully saturated rings. The summed E-state index contributed by atoms with van der Waals surface area (Å²) in [6, 6.07) is 3.43. The Morgan fingerprint density at radius 2 is 2.08 bits per heavy atom. The summed E-state index contributed by atoms with van der Waals surface area (Å²) in [5.74, 6) is 0.766. The van der Waals surface area contributed by atoms with Gasteiger partial charge in [0, 0.05) is 15.7 Å². The van der Waals surface area contributed by atoms with Gasteiger partial charge in [-0.25, -0.2) is 0 Å². The first-order valence-electron chi connectivity index (χ1n) is 4.29. The maximum atomic E-state index is 9.67. The minimum atomic E-state index is 0.378. The average Bonchev–Trinajstić information content (AvgIpc) is 2.38. The Morgan fingerprint density at radius 3 is 2.69 bits per heavy atom. The summed E-state index contributed by atoms with van der Waals surface area (Å²) < 4.78 is 0. The third-order valence-electron chi connectivity index (χ3n) is 2.59. The van der Waals surface area contributed by atoms with Crippen molar-refractivity contribution in [2.24, 2.45) is 0 Å². The molecule has 1 aliphatic heterocycles. The summed E-state index contributed by atoms with van der Waals surface area (Å²) in [6.07, 6.45) is 0. The van der Waals surface area contributed by atoms with Crippen molar-refractivity contribution in [3.8, 4) is 5.75 Å². The molecule has 2 rings (SSSR count). The van der Waals surface area contributed by atoms with E-state index >= 15 is 0 Å². The summed E-state index contributed by atoms with van der Waals surface area (Å²) >= 11 is 7.79. The Kier molecular flexibility index (Phi) is 2.20. The molecule has 2 atom stereocenters. The lowest BCUT2D eigenvalue weighted by Gasteiger charge is -2.09. The number of aromatic hydroxyl groups is 1. The Labute approximate surface area is 87.1 Å². The van der Waals surface area contributed by atoms with Crippen LogP contribution < -0.4 is 0 Å². The van der Waals surface area contributed by atoms with Crippen LogP contribution in [0.25, 0.3) is 0 Å². The van der Waals surface area contributed by atoms with Crippen LogP contribution in [0.5, 0.6) is 5.75 Å². The van der Waals surface area contributed by atoms with E-state index in [4.69, 9.17) is 11.6 Å². The van der Waals surface area contributed by atoms with E-state index in [2.05, 4.69) is 13.8 Å². The maximum Gasteiger partial charge on any atom is 0.120 e. The van der Waals surface area contributed by atoms with Gasteiger partial charge in [-0.15, -0.1) is 11.8 Å². The number of hydrogen-bond acceptors (Lipinski definition) is 2. The second-order valence-electron chi connectivity index (χ2n) is 3.42. The van der Waals surface area contributed by atoms with Crippen molar-refractivity contribution in [3.63, 3.8) is 0 Å². The van der Waals surface area contributed by atoms with Gasteiger partial charge >= 0.3 is 0 Å². The van der Waals surface area contributed by atoms with Crippen LogP contribution in [0.2, 0.25) is 5.02 Å². The Bertz CT molecular complexity index is 351. The SMILES string of the molecule is CC1Sc2c(Cl)ccc(O)c2C1C. The van der Waals surface area contributed by atoms with Crippen LogP contribution in [0, 0.1) is 0 Å². The maximum absolute atomic E-state index is 9.67. The fourth-order valence-corrected chi connectivity index (χ4v) is 3.25. The van der Waals surface area contributed by atoms with Gasteiger partial charge < -0.3 is 5.11 Å². The zero-order valence-electron chi connectivity index (χ0n) is 7.54. The number of benzene rings is 1. The topological polar surface area (TPSA) is 20.2 Å². The van der Waals surface area contributed by atoms with E-state index in [0.717, 1.165) is 15.5 Å². The summed E-state index contributed by atoms with van der Waals surface area (Å²) in [7, 11) is 0. The standard InChI is InChI=1S/C10H11ClOS/c1-5-6(2)13-10-7(11)3-4-8(12)9(5)10/h3-6,12H,1-2H3. The number of hydrogen-bond donors (Lipinski definition) is 1. The van der Waals surface area contributed by atoms with Crippen LogP contribution >= 0.6 is 23.4 Å². The van der Waals surface area contributed by atoms with Crippen molar-refractivity contribution in [2.75, 3.05) is 0 Å². The molecule has 70 valence electrons. The van der Waals surface area contributed by atoms with Crippen molar-refractivity contribution in [3.05, 3.63) is 22.7 Å². The van der Waals surface area contributed by atoms with Crippen molar-refractivity contribution in [1.82, 2.24) is 0 Å². The molecule has 0 saturated heterocycles. The third-order valence-corrected chi connectivity index (χ3v) is 4.47. The molecule has 13 heavy (non-hydrogen) atoms. The quantitative estimate of drug-likeness (QED) is 0.712. The van der Waals surface area contributed by atoms with Gasteiger partial charge in [0.15, 0.2) is 0 Å². The molecule has 3 heteroatoms. The number of fused-ring (bicyclic) bond motifs is 1. The fourth-order valence-electron chi connectivity index (χ4n) is 1.65. The molecule has 0 aromatic heterocycles. The smallest absolute Gasteiger partial charge is 0.120 e. The highest BCUT2D eigenvalue weighted by atomic mass is 35.5. The lowest BCUT2D eigenvalue weighted by Crippen LogP contribution is -2.00. The van der Waals surface area contributed by atoms with E-state index < -0.39 is 0 Å². The first-order chi connectivity index (χ1) is 6.11. The summed E-state index contributed by atoms with van der Waals surface area (Å²) in [5.41, 5.74) is 1.02.